The summed E-state index contributed by atoms with van der Waals surface area (Å²) >= 11 is 13.3. The molecule has 0 bridgehead atoms. The van der Waals surface area contributed by atoms with Crippen LogP contribution in [0.3, 0.4) is 0 Å². The summed E-state index contributed by atoms with van der Waals surface area (Å²) in [5.74, 6) is 0. The molecule has 0 aromatic carbocycles. The molecule has 0 aliphatic rings. The molecule has 0 saturated heterocycles. The van der Waals surface area contributed by atoms with Gasteiger partial charge in [0.25, 0.3) is 0 Å². The highest BCUT2D eigenvalue weighted by atomic mass is 35.5. The number of halogens is 2. The number of thiazole rings is 1. The molecule has 7 heteroatoms. The van der Waals surface area contributed by atoms with Crippen molar-refractivity contribution in [3.8, 4) is 0 Å². The van der Waals surface area contributed by atoms with Crippen LogP contribution in [0, 0.1) is 6.92 Å². The zero-order chi connectivity index (χ0) is 14.7. The molecule has 4 nitrogen and oxygen atoms in total. The number of pyridine rings is 1. The lowest BCUT2D eigenvalue weighted by atomic mass is 10.2. The van der Waals surface area contributed by atoms with E-state index in [4.69, 9.17) is 23.2 Å². The summed E-state index contributed by atoms with van der Waals surface area (Å²) in [6, 6.07) is 3.55. The van der Waals surface area contributed by atoms with E-state index >= 15 is 0 Å². The lowest BCUT2D eigenvalue weighted by Gasteiger charge is -2.19. The van der Waals surface area contributed by atoms with Crippen LogP contribution < -0.4 is 0 Å². The Labute approximate surface area is 132 Å². The predicted octanol–water partition coefficient (Wildman–Crippen LogP) is 3.32. The highest BCUT2D eigenvalue weighted by molar-refractivity contribution is 7.11. The van der Waals surface area contributed by atoms with Crippen LogP contribution in [0.15, 0.2) is 18.3 Å². The van der Waals surface area contributed by atoms with Crippen LogP contribution in [0.4, 0.5) is 0 Å². The Bertz CT molecular complexity index is 591. The minimum atomic E-state index is -0.599. The molecule has 0 amide bonds. The van der Waals surface area contributed by atoms with E-state index in [0.717, 1.165) is 15.4 Å². The molecule has 0 aliphatic carbocycles. The van der Waals surface area contributed by atoms with Gasteiger partial charge in [0.15, 0.2) is 0 Å². The van der Waals surface area contributed by atoms with Crippen molar-refractivity contribution in [2.45, 2.75) is 19.6 Å². The van der Waals surface area contributed by atoms with Gasteiger partial charge in [-0.2, -0.15) is 0 Å². The molecule has 108 valence electrons. The average Bonchev–Trinajstić information content (AvgIpc) is 2.79. The minimum absolute atomic E-state index is 0.375. The summed E-state index contributed by atoms with van der Waals surface area (Å²) in [4.78, 5) is 11.2. The van der Waals surface area contributed by atoms with Crippen molar-refractivity contribution in [3.05, 3.63) is 44.1 Å². The van der Waals surface area contributed by atoms with Gasteiger partial charge >= 0.3 is 0 Å². The third-order valence-corrected chi connectivity index (χ3v) is 4.29. The SMILES string of the molecule is Cc1cnc(C(O)CN(C)Cc2ccc(Cl)nc2Cl)s1. The highest BCUT2D eigenvalue weighted by Crippen LogP contribution is 2.22. The first-order valence-corrected chi connectivity index (χ1v) is 7.63. The Kier molecular flexibility index (Phi) is 5.35. The summed E-state index contributed by atoms with van der Waals surface area (Å²) < 4.78 is 0. The van der Waals surface area contributed by atoms with Gasteiger partial charge in [0.1, 0.15) is 21.4 Å². The van der Waals surface area contributed by atoms with E-state index in [1.54, 1.807) is 12.3 Å². The van der Waals surface area contributed by atoms with Crippen molar-refractivity contribution in [2.75, 3.05) is 13.6 Å². The molecule has 2 rings (SSSR count). The second-order valence-electron chi connectivity index (χ2n) is 4.61. The molecule has 20 heavy (non-hydrogen) atoms. The van der Waals surface area contributed by atoms with Crippen LogP contribution in [-0.4, -0.2) is 33.6 Å². The fraction of sp³-hybridized carbons (Fsp3) is 0.385. The van der Waals surface area contributed by atoms with Crippen molar-refractivity contribution < 1.29 is 5.11 Å². The molecule has 1 N–H and O–H groups in total. The maximum atomic E-state index is 10.1. The summed E-state index contributed by atoms with van der Waals surface area (Å²) in [6.45, 7) is 3.03. The van der Waals surface area contributed by atoms with Gasteiger partial charge in [-0.1, -0.05) is 29.3 Å². The van der Waals surface area contributed by atoms with Gasteiger partial charge in [0, 0.05) is 29.7 Å². The van der Waals surface area contributed by atoms with E-state index in [9.17, 15) is 5.11 Å². The van der Waals surface area contributed by atoms with Crippen molar-refractivity contribution in [2.24, 2.45) is 0 Å². The number of rotatable bonds is 5. The van der Waals surface area contributed by atoms with Crippen molar-refractivity contribution in [1.29, 1.82) is 0 Å². The maximum Gasteiger partial charge on any atom is 0.135 e. The molecule has 2 aromatic rings. The molecule has 2 aromatic heterocycles. The first-order chi connectivity index (χ1) is 9.45. The Morgan fingerprint density at radius 2 is 2.15 bits per heavy atom. The van der Waals surface area contributed by atoms with Gasteiger partial charge < -0.3 is 5.11 Å². The lowest BCUT2D eigenvalue weighted by Crippen LogP contribution is -2.24. The van der Waals surface area contributed by atoms with E-state index in [0.29, 0.717) is 23.4 Å². The first-order valence-electron chi connectivity index (χ1n) is 6.05. The maximum absolute atomic E-state index is 10.1. The van der Waals surface area contributed by atoms with Gasteiger partial charge in [-0.15, -0.1) is 11.3 Å². The van der Waals surface area contributed by atoms with E-state index in [1.165, 1.54) is 11.3 Å². The lowest BCUT2D eigenvalue weighted by molar-refractivity contribution is 0.123. The normalized spacial score (nSPS) is 12.9. The topological polar surface area (TPSA) is 49.3 Å². The van der Waals surface area contributed by atoms with Gasteiger partial charge in [-0.25, -0.2) is 9.97 Å². The van der Waals surface area contributed by atoms with E-state index in [2.05, 4.69) is 9.97 Å². The highest BCUT2D eigenvalue weighted by Gasteiger charge is 2.15. The third-order valence-electron chi connectivity index (χ3n) is 2.74. The number of aliphatic hydroxyl groups is 1. The van der Waals surface area contributed by atoms with E-state index in [-0.39, 0.29) is 0 Å². The molecular weight excluding hydrogens is 317 g/mol. The first kappa shape index (κ1) is 15.7. The smallest absolute Gasteiger partial charge is 0.135 e. The molecule has 0 radical (unpaired) electrons. The summed E-state index contributed by atoms with van der Waals surface area (Å²) in [5.41, 5.74) is 0.876. The summed E-state index contributed by atoms with van der Waals surface area (Å²) in [6.07, 6.45) is 1.17. The average molecular weight is 332 g/mol. The Morgan fingerprint density at radius 1 is 1.40 bits per heavy atom. The molecule has 1 unspecified atom stereocenters. The predicted molar refractivity (Wildman–Crippen MR) is 82.4 cm³/mol. The summed E-state index contributed by atoms with van der Waals surface area (Å²) in [5, 5.41) is 11.6. The quantitative estimate of drug-likeness (QED) is 0.854. The molecule has 0 fully saturated rings. The minimum Gasteiger partial charge on any atom is -0.385 e. The van der Waals surface area contributed by atoms with Crippen LogP contribution in [0.25, 0.3) is 0 Å². The summed E-state index contributed by atoms with van der Waals surface area (Å²) in [7, 11) is 1.91. The van der Waals surface area contributed by atoms with Crippen molar-refractivity contribution >= 4 is 34.5 Å². The van der Waals surface area contributed by atoms with Gasteiger partial charge in [-0.05, 0) is 20.0 Å². The Hall–Kier alpha value is -0.720. The number of nitrogens with zero attached hydrogens (tertiary/aromatic N) is 3. The standard InChI is InChI=1S/C13H15Cl2N3OS/c1-8-5-16-13(20-8)10(19)7-18(2)6-9-3-4-11(14)17-12(9)15/h3-5,10,19H,6-7H2,1-2H3. The van der Waals surface area contributed by atoms with Gasteiger partial charge in [0.2, 0.25) is 0 Å². The van der Waals surface area contributed by atoms with E-state index in [1.807, 2.05) is 24.9 Å². The van der Waals surface area contributed by atoms with Crippen LogP contribution in [-0.2, 0) is 6.54 Å². The number of aryl methyl sites for hydroxylation is 1. The zero-order valence-corrected chi connectivity index (χ0v) is 13.5. The van der Waals surface area contributed by atoms with Crippen molar-refractivity contribution in [1.82, 2.24) is 14.9 Å². The fourth-order valence-electron chi connectivity index (χ4n) is 1.81. The van der Waals surface area contributed by atoms with Crippen LogP contribution in [0.5, 0.6) is 0 Å². The molecule has 0 aliphatic heterocycles. The second kappa shape index (κ2) is 6.83. The zero-order valence-electron chi connectivity index (χ0n) is 11.2. The molecular formula is C13H15Cl2N3OS. The monoisotopic (exact) mass is 331 g/mol. The molecule has 2 heterocycles. The number of likely N-dealkylation sites (N-methyl/N-ethyl adjacent to an activating group) is 1. The molecule has 0 saturated carbocycles. The third kappa shape index (κ3) is 4.14. The Balaban J connectivity index is 1.96. The molecule has 0 spiro atoms. The second-order valence-corrected chi connectivity index (χ2v) is 6.62. The van der Waals surface area contributed by atoms with Crippen LogP contribution in [0.1, 0.15) is 21.6 Å². The van der Waals surface area contributed by atoms with Gasteiger partial charge in [0.05, 0.1) is 0 Å². The number of aromatic nitrogens is 2. The van der Waals surface area contributed by atoms with Gasteiger partial charge in [-0.3, -0.25) is 4.90 Å². The number of hydrogen-bond donors (Lipinski definition) is 1. The fourth-order valence-corrected chi connectivity index (χ4v) is 2.97. The largest absolute Gasteiger partial charge is 0.385 e. The number of aliphatic hydroxyl groups excluding tert-OH is 1. The van der Waals surface area contributed by atoms with Crippen molar-refractivity contribution in [3.63, 3.8) is 0 Å². The van der Waals surface area contributed by atoms with Crippen LogP contribution in [0.2, 0.25) is 10.3 Å². The van der Waals surface area contributed by atoms with E-state index < -0.39 is 6.10 Å². The number of hydrogen-bond acceptors (Lipinski definition) is 5. The Morgan fingerprint density at radius 3 is 2.75 bits per heavy atom. The van der Waals surface area contributed by atoms with Crippen LogP contribution >= 0.6 is 34.5 Å². The molecule has 1 atom stereocenters.